The van der Waals surface area contributed by atoms with E-state index in [1.165, 1.54) is 0 Å². The number of piperazine rings is 1. The minimum atomic E-state index is -0.526. The van der Waals surface area contributed by atoms with Gasteiger partial charge in [0, 0.05) is 30.2 Å². The Bertz CT molecular complexity index is 592. The summed E-state index contributed by atoms with van der Waals surface area (Å²) in [6.45, 7) is 1.38. The van der Waals surface area contributed by atoms with Crippen LogP contribution in [0.4, 0.5) is 4.79 Å². The second-order valence-electron chi connectivity index (χ2n) is 5.53. The molecule has 2 fully saturated rings. The zero-order valence-electron chi connectivity index (χ0n) is 11.7. The van der Waals surface area contributed by atoms with Gasteiger partial charge in [0.2, 0.25) is 0 Å². The van der Waals surface area contributed by atoms with Crippen molar-refractivity contribution in [2.45, 2.75) is 24.4 Å². The number of carbonyl (C=O) groups excluding carboxylic acids is 1. The van der Waals surface area contributed by atoms with E-state index in [1.54, 1.807) is 24.1 Å². The first kappa shape index (κ1) is 14.8. The van der Waals surface area contributed by atoms with Gasteiger partial charge in [0.05, 0.1) is 17.7 Å². The molecule has 7 heteroatoms. The minimum Gasteiger partial charge on any atom is -0.495 e. The van der Waals surface area contributed by atoms with Crippen LogP contribution in [-0.4, -0.2) is 37.2 Å². The first-order valence-electron chi connectivity index (χ1n) is 6.82. The largest absolute Gasteiger partial charge is 0.495 e. The average molecular weight is 330 g/mol. The molecule has 2 heterocycles. The first-order chi connectivity index (χ1) is 9.99. The number of fused-ring (bicyclic) bond motifs is 2. The predicted molar refractivity (Wildman–Crippen MR) is 82.0 cm³/mol. The van der Waals surface area contributed by atoms with Crippen molar-refractivity contribution in [3.63, 3.8) is 0 Å². The van der Waals surface area contributed by atoms with Crippen LogP contribution in [0.15, 0.2) is 12.1 Å². The molecule has 5 nitrogen and oxygen atoms in total. The lowest BCUT2D eigenvalue weighted by Crippen LogP contribution is -2.61. The lowest BCUT2D eigenvalue weighted by molar-refractivity contribution is 0.0996. The van der Waals surface area contributed by atoms with Gasteiger partial charge in [0.25, 0.3) is 0 Å². The highest BCUT2D eigenvalue weighted by Crippen LogP contribution is 2.47. The van der Waals surface area contributed by atoms with Crippen molar-refractivity contribution in [3.8, 4) is 5.75 Å². The maximum absolute atomic E-state index is 11.9. The Labute approximate surface area is 133 Å². The number of rotatable bonds is 2. The molecule has 0 spiro atoms. The third-order valence-corrected chi connectivity index (χ3v) is 5.10. The van der Waals surface area contributed by atoms with Crippen molar-refractivity contribution in [1.29, 1.82) is 0 Å². The van der Waals surface area contributed by atoms with Crippen LogP contribution in [-0.2, 0) is 5.54 Å². The van der Waals surface area contributed by atoms with E-state index < -0.39 is 11.6 Å². The number of hydrogen-bond donors (Lipinski definition) is 2. The van der Waals surface area contributed by atoms with E-state index in [0.717, 1.165) is 24.9 Å². The van der Waals surface area contributed by atoms with Crippen molar-refractivity contribution in [2.24, 2.45) is 5.73 Å². The van der Waals surface area contributed by atoms with Gasteiger partial charge in [-0.2, -0.15) is 0 Å². The van der Waals surface area contributed by atoms with Crippen molar-refractivity contribution >= 4 is 29.2 Å². The predicted octanol–water partition coefficient (Wildman–Crippen LogP) is 2.34. The zero-order valence-corrected chi connectivity index (χ0v) is 13.2. The fraction of sp³-hybridized carbons (Fsp3) is 0.500. The van der Waals surface area contributed by atoms with E-state index >= 15 is 0 Å². The molecule has 0 aliphatic carbocycles. The summed E-state index contributed by atoms with van der Waals surface area (Å²) in [5.41, 5.74) is 5.91. The highest BCUT2D eigenvalue weighted by Gasteiger charge is 2.52. The summed E-state index contributed by atoms with van der Waals surface area (Å²) < 4.78 is 5.18. The molecule has 3 N–H and O–H groups in total. The molecular weight excluding hydrogens is 313 g/mol. The Hall–Kier alpha value is -1.17. The fourth-order valence-electron chi connectivity index (χ4n) is 3.61. The number of urea groups is 1. The maximum atomic E-state index is 11.9. The van der Waals surface area contributed by atoms with Crippen LogP contribution >= 0.6 is 23.2 Å². The van der Waals surface area contributed by atoms with Gasteiger partial charge in [0.1, 0.15) is 5.75 Å². The highest BCUT2D eigenvalue weighted by molar-refractivity contribution is 6.34. The number of carbonyl (C=O) groups is 1. The number of nitrogens with zero attached hydrogens (tertiary/aromatic N) is 1. The fourth-order valence-corrected chi connectivity index (χ4v) is 4.18. The second-order valence-corrected chi connectivity index (χ2v) is 6.34. The van der Waals surface area contributed by atoms with Gasteiger partial charge in [-0.15, -0.1) is 0 Å². The van der Waals surface area contributed by atoms with Crippen LogP contribution in [0.3, 0.4) is 0 Å². The Kier molecular flexibility index (Phi) is 3.67. The number of ether oxygens (including phenoxy) is 1. The number of halogens is 2. The summed E-state index contributed by atoms with van der Waals surface area (Å²) in [5.74, 6) is 0.519. The molecule has 0 saturated carbocycles. The molecule has 2 aliphatic rings. The van der Waals surface area contributed by atoms with Gasteiger partial charge < -0.3 is 20.7 Å². The van der Waals surface area contributed by atoms with E-state index in [0.29, 0.717) is 22.3 Å². The lowest BCUT2D eigenvalue weighted by Gasteiger charge is -2.45. The molecular formula is C14H17Cl2N3O2. The summed E-state index contributed by atoms with van der Waals surface area (Å²) in [7, 11) is 1.54. The molecule has 21 heavy (non-hydrogen) atoms. The van der Waals surface area contributed by atoms with Crippen LogP contribution in [0.1, 0.15) is 18.4 Å². The molecule has 0 aromatic heterocycles. The van der Waals surface area contributed by atoms with E-state index in [1.807, 2.05) is 0 Å². The van der Waals surface area contributed by atoms with Gasteiger partial charge in [0.15, 0.2) is 0 Å². The summed E-state index contributed by atoms with van der Waals surface area (Å²) in [4.78, 5) is 13.7. The lowest BCUT2D eigenvalue weighted by atomic mass is 9.86. The van der Waals surface area contributed by atoms with E-state index in [4.69, 9.17) is 33.7 Å². The number of nitrogens with two attached hydrogens (primary N) is 1. The summed E-state index contributed by atoms with van der Waals surface area (Å²) in [5, 5.41) is 4.37. The number of primary amides is 1. The molecule has 1 aromatic rings. The van der Waals surface area contributed by atoms with Gasteiger partial charge in [-0.05, 0) is 24.5 Å². The highest BCUT2D eigenvalue weighted by atomic mass is 35.5. The second kappa shape index (κ2) is 5.23. The number of hydrogen-bond acceptors (Lipinski definition) is 3. The third kappa shape index (κ3) is 2.15. The van der Waals surface area contributed by atoms with Crippen molar-refractivity contribution in [2.75, 3.05) is 20.2 Å². The summed E-state index contributed by atoms with van der Waals surface area (Å²) in [6.07, 6.45) is 1.71. The van der Waals surface area contributed by atoms with Gasteiger partial charge >= 0.3 is 6.03 Å². The normalized spacial score (nSPS) is 27.8. The van der Waals surface area contributed by atoms with Gasteiger partial charge in [-0.1, -0.05) is 23.2 Å². The molecule has 3 rings (SSSR count). The Balaban J connectivity index is 2.13. The average Bonchev–Trinajstić information content (AvgIpc) is 2.69. The van der Waals surface area contributed by atoms with E-state index in [2.05, 4.69) is 5.32 Å². The Morgan fingerprint density at radius 1 is 1.48 bits per heavy atom. The van der Waals surface area contributed by atoms with Crippen LogP contribution < -0.4 is 15.8 Å². The number of methoxy groups -OCH3 is 1. The molecule has 1 aromatic carbocycles. The maximum Gasteiger partial charge on any atom is 0.315 e. The molecule has 114 valence electrons. The number of benzene rings is 1. The quantitative estimate of drug-likeness (QED) is 0.875. The van der Waals surface area contributed by atoms with Gasteiger partial charge in [-0.25, -0.2) is 4.79 Å². The molecule has 2 aliphatic heterocycles. The SMILES string of the molecule is COc1cc(Cl)c(C23CCC(CNC2)N3C(N)=O)cc1Cl. The zero-order chi connectivity index (χ0) is 15.2. The Morgan fingerprint density at radius 2 is 2.24 bits per heavy atom. The van der Waals surface area contributed by atoms with E-state index in [-0.39, 0.29) is 6.04 Å². The molecule has 2 bridgehead atoms. The van der Waals surface area contributed by atoms with Gasteiger partial charge in [-0.3, -0.25) is 0 Å². The van der Waals surface area contributed by atoms with Crippen LogP contribution in [0.2, 0.25) is 10.0 Å². The standard InChI is InChI=1S/C14H17Cl2N3O2/c1-21-12-5-10(15)9(4-11(12)16)14-3-2-8(6-18-7-14)19(14)13(17)20/h4-5,8,18H,2-3,6-7H2,1H3,(H2,17,20). The van der Waals surface area contributed by atoms with E-state index in [9.17, 15) is 4.79 Å². The first-order valence-corrected chi connectivity index (χ1v) is 7.58. The van der Waals surface area contributed by atoms with Crippen LogP contribution in [0, 0.1) is 0 Å². The molecule has 2 unspecified atom stereocenters. The molecule has 2 saturated heterocycles. The number of nitrogens with one attached hydrogen (secondary N) is 1. The molecule has 2 atom stereocenters. The van der Waals surface area contributed by atoms with Crippen molar-refractivity contribution in [3.05, 3.63) is 27.7 Å². The minimum absolute atomic E-state index is 0.105. The van der Waals surface area contributed by atoms with Crippen molar-refractivity contribution < 1.29 is 9.53 Å². The third-order valence-electron chi connectivity index (χ3n) is 4.50. The van der Waals surface area contributed by atoms with Crippen LogP contribution in [0.25, 0.3) is 0 Å². The topological polar surface area (TPSA) is 67.6 Å². The smallest absolute Gasteiger partial charge is 0.315 e. The molecule has 0 radical (unpaired) electrons. The Morgan fingerprint density at radius 3 is 2.90 bits per heavy atom. The monoisotopic (exact) mass is 329 g/mol. The summed E-state index contributed by atoms with van der Waals surface area (Å²) in [6, 6.07) is 3.17. The summed E-state index contributed by atoms with van der Waals surface area (Å²) >= 11 is 12.7. The molecule has 2 amide bonds. The number of amides is 2. The van der Waals surface area contributed by atoms with Crippen LogP contribution in [0.5, 0.6) is 5.75 Å². The van der Waals surface area contributed by atoms with Crippen molar-refractivity contribution in [1.82, 2.24) is 10.2 Å².